The van der Waals surface area contributed by atoms with Crippen molar-refractivity contribution in [2.45, 2.75) is 6.92 Å². The molecule has 0 aliphatic heterocycles. The Morgan fingerprint density at radius 3 is 1.00 bits per heavy atom. The molecule has 0 aromatic carbocycles. The third-order valence-corrected chi connectivity index (χ3v) is 1.61. The summed E-state index contributed by atoms with van der Waals surface area (Å²) in [5, 5.41) is 0. The Bertz CT molecular complexity index is 86.3. The van der Waals surface area contributed by atoms with E-state index in [0.29, 0.717) is 0 Å². The minimum absolute atomic E-state index is 0. The molecule has 0 saturated heterocycles. The van der Waals surface area contributed by atoms with Crippen LogP contribution in [0.5, 0.6) is 0 Å². The smallest absolute Gasteiger partial charge is 0 e. The molecule has 0 spiro atoms. The van der Waals surface area contributed by atoms with Crippen LogP contribution in [-0.4, -0.2) is 0 Å². The first-order valence-corrected chi connectivity index (χ1v) is 4.41. The summed E-state index contributed by atoms with van der Waals surface area (Å²) in [5.41, 5.74) is 0. The summed E-state index contributed by atoms with van der Waals surface area (Å²) in [7, 11) is 0. The minimum atomic E-state index is 0. The SMILES string of the molecule is C[C]1[CH][CH][CH][CH]1.[CH3-].[CH]1[CH][CH][CH][CH][CH][CH]1.[Nb]. The van der Waals surface area contributed by atoms with Gasteiger partial charge in [0.1, 0.15) is 0 Å². The van der Waals surface area contributed by atoms with Crippen LogP contribution in [0.4, 0.5) is 0 Å². The second kappa shape index (κ2) is 12.8. The van der Waals surface area contributed by atoms with Gasteiger partial charge in [0.15, 0.2) is 0 Å². The summed E-state index contributed by atoms with van der Waals surface area (Å²) in [6.07, 6.45) is 22.2. The minimum Gasteiger partial charge on any atom is -0.358 e. The number of hydrogen-bond acceptors (Lipinski definition) is 0. The zero-order valence-electron chi connectivity index (χ0n) is 9.30. The molecule has 1 heteroatoms. The first-order chi connectivity index (χ1) is 6.39. The predicted molar refractivity (Wildman–Crippen MR) is 62.6 cm³/mol. The molecular weight excluding hydrogens is 261 g/mol. The van der Waals surface area contributed by atoms with E-state index in [1.54, 1.807) is 0 Å². The molecule has 0 bridgehead atoms. The van der Waals surface area contributed by atoms with Gasteiger partial charge in [-0.25, -0.2) is 0 Å². The maximum Gasteiger partial charge on any atom is 0 e. The molecule has 0 heterocycles. The Balaban J connectivity index is 0. The van der Waals surface area contributed by atoms with E-state index in [2.05, 4.69) is 19.8 Å². The molecule has 2 saturated carbocycles. The van der Waals surface area contributed by atoms with Gasteiger partial charge in [-0.2, -0.15) is 0 Å². The molecule has 13 radical (unpaired) electrons. The van der Waals surface area contributed by atoms with Gasteiger partial charge in [-0.3, -0.25) is 0 Å². The van der Waals surface area contributed by atoms with Crippen molar-refractivity contribution < 1.29 is 22.4 Å². The van der Waals surface area contributed by atoms with Crippen molar-refractivity contribution in [3.63, 3.8) is 0 Å². The fourth-order valence-electron chi connectivity index (χ4n) is 0.919. The molecule has 79 valence electrons. The Hall–Kier alpha value is 0.740. The van der Waals surface area contributed by atoms with Crippen LogP contribution in [-0.2, 0) is 22.4 Å². The van der Waals surface area contributed by atoms with Crippen LogP contribution in [0.15, 0.2) is 0 Å². The standard InChI is InChI=1S/C7H7.C6H7.CH3.Nb/c1-2-4-6-7-5-3-1;1-6-4-2-3-5-6;;/h1-7H;2-5H,1H3;1H3;/q;;-1;. The molecule has 0 aromatic rings. The van der Waals surface area contributed by atoms with Gasteiger partial charge < -0.3 is 7.43 Å². The topological polar surface area (TPSA) is 0 Å². The Morgan fingerprint density at radius 1 is 0.600 bits per heavy atom. The molecule has 2 fully saturated rings. The van der Waals surface area contributed by atoms with Crippen molar-refractivity contribution in [2.75, 3.05) is 0 Å². The quantitative estimate of drug-likeness (QED) is 0.362. The van der Waals surface area contributed by atoms with Crippen molar-refractivity contribution in [1.82, 2.24) is 0 Å². The van der Waals surface area contributed by atoms with Crippen molar-refractivity contribution in [2.24, 2.45) is 0 Å². The van der Waals surface area contributed by atoms with Crippen LogP contribution in [0.3, 0.4) is 0 Å². The summed E-state index contributed by atoms with van der Waals surface area (Å²) in [5.74, 6) is 1.34. The third-order valence-electron chi connectivity index (χ3n) is 1.61. The molecule has 2 aliphatic rings. The Morgan fingerprint density at radius 2 is 0.867 bits per heavy atom. The van der Waals surface area contributed by atoms with Gasteiger partial charge in [-0.05, 0) is 76.5 Å². The van der Waals surface area contributed by atoms with Crippen LogP contribution in [0.1, 0.15) is 6.92 Å². The summed E-state index contributed by atoms with van der Waals surface area (Å²) in [4.78, 5) is 0. The van der Waals surface area contributed by atoms with Crippen molar-refractivity contribution in [1.29, 1.82) is 0 Å². The van der Waals surface area contributed by atoms with E-state index in [9.17, 15) is 0 Å². The maximum atomic E-state index is 2.08. The Labute approximate surface area is 113 Å². The van der Waals surface area contributed by atoms with E-state index in [0.717, 1.165) is 0 Å². The monoisotopic (exact) mass is 278 g/mol. The molecule has 0 atom stereocenters. The van der Waals surface area contributed by atoms with E-state index < -0.39 is 0 Å². The number of rotatable bonds is 0. The molecule has 0 unspecified atom stereocenters. The molecule has 0 nitrogen and oxygen atoms in total. The van der Waals surface area contributed by atoms with Crippen LogP contribution in [0.25, 0.3) is 0 Å². The van der Waals surface area contributed by atoms with Gasteiger partial charge >= 0.3 is 0 Å². The van der Waals surface area contributed by atoms with Crippen molar-refractivity contribution in [3.05, 3.63) is 84.0 Å². The molecular formula is C14H17Nb-. The number of hydrogen-bond donors (Lipinski definition) is 0. The largest absolute Gasteiger partial charge is 0.358 e. The van der Waals surface area contributed by atoms with Crippen LogP contribution >= 0.6 is 0 Å². The van der Waals surface area contributed by atoms with Crippen molar-refractivity contribution >= 4 is 0 Å². The van der Waals surface area contributed by atoms with E-state index >= 15 is 0 Å². The fraction of sp³-hybridized carbons (Fsp3) is 0.0714. The van der Waals surface area contributed by atoms with Gasteiger partial charge in [0.25, 0.3) is 0 Å². The molecule has 2 rings (SSSR count). The predicted octanol–water partition coefficient (Wildman–Crippen LogP) is 3.29. The Kier molecular flexibility index (Phi) is 15.5. The zero-order chi connectivity index (χ0) is 9.36. The van der Waals surface area contributed by atoms with E-state index in [1.807, 2.05) is 57.8 Å². The molecule has 0 aromatic heterocycles. The average Bonchev–Trinajstić information content (AvgIpc) is 2.48. The van der Waals surface area contributed by atoms with Gasteiger partial charge in [0.05, 0.1) is 0 Å². The fourth-order valence-corrected chi connectivity index (χ4v) is 0.919. The summed E-state index contributed by atoms with van der Waals surface area (Å²) in [6.45, 7) is 2.08. The maximum absolute atomic E-state index is 2.08. The van der Waals surface area contributed by atoms with Gasteiger partial charge in [0, 0.05) is 22.4 Å². The average molecular weight is 278 g/mol. The van der Waals surface area contributed by atoms with E-state index in [4.69, 9.17) is 0 Å². The second-order valence-electron chi connectivity index (χ2n) is 2.81. The first kappa shape index (κ1) is 18.1. The third kappa shape index (κ3) is 11.0. The summed E-state index contributed by atoms with van der Waals surface area (Å²) >= 11 is 0. The van der Waals surface area contributed by atoms with E-state index in [-0.39, 0.29) is 29.8 Å². The second-order valence-corrected chi connectivity index (χ2v) is 2.81. The zero-order valence-corrected chi connectivity index (χ0v) is 11.5. The first-order valence-electron chi connectivity index (χ1n) is 4.41. The molecule has 2 aliphatic carbocycles. The van der Waals surface area contributed by atoms with E-state index in [1.165, 1.54) is 5.92 Å². The van der Waals surface area contributed by atoms with Gasteiger partial charge in [0.2, 0.25) is 0 Å². The van der Waals surface area contributed by atoms with Gasteiger partial charge in [-0.1, -0.05) is 6.92 Å². The van der Waals surface area contributed by atoms with Crippen molar-refractivity contribution in [3.8, 4) is 0 Å². The van der Waals surface area contributed by atoms with Crippen LogP contribution < -0.4 is 0 Å². The summed E-state index contributed by atoms with van der Waals surface area (Å²) in [6, 6.07) is 0. The van der Waals surface area contributed by atoms with Gasteiger partial charge in [-0.15, -0.1) is 0 Å². The normalized spacial score (nSPS) is 21.4. The van der Waals surface area contributed by atoms with Crippen LogP contribution in [0.2, 0.25) is 0 Å². The van der Waals surface area contributed by atoms with Crippen LogP contribution in [0, 0.1) is 84.0 Å². The summed E-state index contributed by atoms with van der Waals surface area (Å²) < 4.78 is 0. The molecule has 0 amide bonds. The molecule has 0 N–H and O–H groups in total. The molecule has 15 heavy (non-hydrogen) atoms.